The summed E-state index contributed by atoms with van der Waals surface area (Å²) in [5.74, 6) is -3.43. The molecule has 4 nitrogen and oxygen atoms in total. The van der Waals surface area contributed by atoms with Crippen LogP contribution in [0.5, 0.6) is 0 Å². The molecule has 1 heterocycles. The van der Waals surface area contributed by atoms with E-state index >= 15 is 0 Å². The fourth-order valence-electron chi connectivity index (χ4n) is 1.68. The number of ketones is 1. The number of thiophene rings is 1. The number of halogens is 1. The number of rotatable bonds is 5. The van der Waals surface area contributed by atoms with Crippen molar-refractivity contribution in [3.63, 3.8) is 0 Å². The second-order valence-electron chi connectivity index (χ2n) is 4.30. The van der Waals surface area contributed by atoms with Gasteiger partial charge in [-0.1, -0.05) is 12.1 Å². The van der Waals surface area contributed by atoms with Gasteiger partial charge in [-0.2, -0.15) is 0 Å². The van der Waals surface area contributed by atoms with Gasteiger partial charge < -0.3 is 10.2 Å². The van der Waals surface area contributed by atoms with Gasteiger partial charge in [-0.25, -0.2) is 9.18 Å². The van der Waals surface area contributed by atoms with Crippen LogP contribution < -0.4 is 0 Å². The summed E-state index contributed by atoms with van der Waals surface area (Å²) in [5.41, 5.74) is 1.21. The molecule has 0 saturated heterocycles. The van der Waals surface area contributed by atoms with Gasteiger partial charge in [-0.05, 0) is 23.8 Å². The van der Waals surface area contributed by atoms with Gasteiger partial charge in [0.2, 0.25) is 5.76 Å². The van der Waals surface area contributed by atoms with Crippen LogP contribution in [0.1, 0.15) is 20.8 Å². The summed E-state index contributed by atoms with van der Waals surface area (Å²) in [7, 11) is 0. The van der Waals surface area contributed by atoms with Crippen molar-refractivity contribution in [3.05, 3.63) is 69.4 Å². The number of carboxylic acids is 1. The quantitative estimate of drug-likeness (QED) is 0.505. The number of aliphatic carboxylic acids is 1. The van der Waals surface area contributed by atoms with Crippen molar-refractivity contribution in [2.75, 3.05) is 0 Å². The van der Waals surface area contributed by atoms with Crippen LogP contribution in [0.25, 0.3) is 0 Å². The normalized spacial score (nSPS) is 11.4. The molecule has 0 radical (unpaired) electrons. The van der Waals surface area contributed by atoms with Crippen LogP contribution in [0.2, 0.25) is 0 Å². The Morgan fingerprint density at radius 1 is 1.19 bits per heavy atom. The lowest BCUT2D eigenvalue weighted by molar-refractivity contribution is -0.135. The number of hydrogen-bond acceptors (Lipinski definition) is 4. The average molecular weight is 306 g/mol. The molecule has 1 aromatic heterocycles. The third-order valence-electron chi connectivity index (χ3n) is 2.72. The third kappa shape index (κ3) is 4.00. The van der Waals surface area contributed by atoms with Crippen molar-refractivity contribution in [2.24, 2.45) is 0 Å². The fourth-order valence-corrected chi connectivity index (χ4v) is 2.58. The molecule has 0 atom stereocenters. The Morgan fingerprint density at radius 2 is 1.86 bits per heavy atom. The van der Waals surface area contributed by atoms with Gasteiger partial charge in [-0.3, -0.25) is 4.79 Å². The van der Waals surface area contributed by atoms with Crippen molar-refractivity contribution >= 4 is 23.1 Å². The van der Waals surface area contributed by atoms with Crippen LogP contribution in [0.4, 0.5) is 4.39 Å². The van der Waals surface area contributed by atoms with Crippen molar-refractivity contribution in [2.45, 2.75) is 6.42 Å². The monoisotopic (exact) mass is 306 g/mol. The van der Waals surface area contributed by atoms with Crippen LogP contribution >= 0.6 is 11.3 Å². The highest BCUT2D eigenvalue weighted by atomic mass is 32.1. The minimum atomic E-state index is -1.55. The Hall–Kier alpha value is -2.47. The number of aliphatic hydroxyl groups is 1. The maximum Gasteiger partial charge on any atom is 0.371 e. The van der Waals surface area contributed by atoms with Crippen LogP contribution in [0, 0.1) is 5.82 Å². The standard InChI is InChI=1S/C15H11FO4S/c16-11-3-1-9(2-4-11)5-12-6-10(8-21-12)13(17)7-14(18)15(19)20/h1-4,6-8,18H,5H2,(H,19,20). The minimum Gasteiger partial charge on any atom is -0.502 e. The summed E-state index contributed by atoms with van der Waals surface area (Å²) in [5, 5.41) is 19.1. The topological polar surface area (TPSA) is 74.6 Å². The summed E-state index contributed by atoms with van der Waals surface area (Å²) < 4.78 is 12.8. The van der Waals surface area contributed by atoms with E-state index in [0.29, 0.717) is 18.1 Å². The Balaban J connectivity index is 2.11. The third-order valence-corrected chi connectivity index (χ3v) is 3.65. The predicted octanol–water partition coefficient (Wildman–Crippen LogP) is 3.19. The van der Waals surface area contributed by atoms with E-state index in [4.69, 9.17) is 10.2 Å². The molecule has 21 heavy (non-hydrogen) atoms. The van der Waals surface area contributed by atoms with Crippen LogP contribution in [0.3, 0.4) is 0 Å². The number of benzene rings is 1. The molecule has 0 bridgehead atoms. The van der Waals surface area contributed by atoms with E-state index in [9.17, 15) is 14.0 Å². The van der Waals surface area contributed by atoms with Crippen LogP contribution in [-0.4, -0.2) is 22.0 Å². The van der Waals surface area contributed by atoms with Crippen LogP contribution in [0.15, 0.2) is 47.5 Å². The molecule has 2 aromatic rings. The van der Waals surface area contributed by atoms with E-state index in [1.165, 1.54) is 23.5 Å². The first-order valence-electron chi connectivity index (χ1n) is 5.96. The molecule has 0 unspecified atom stereocenters. The molecule has 0 saturated carbocycles. The van der Waals surface area contributed by atoms with Gasteiger partial charge in [0, 0.05) is 28.3 Å². The maximum absolute atomic E-state index is 12.8. The highest BCUT2D eigenvalue weighted by molar-refractivity contribution is 7.10. The van der Waals surface area contributed by atoms with Gasteiger partial charge in [0.25, 0.3) is 0 Å². The summed E-state index contributed by atoms with van der Waals surface area (Å²) in [6, 6.07) is 7.67. The molecule has 0 amide bonds. The maximum atomic E-state index is 12.8. The van der Waals surface area contributed by atoms with Gasteiger partial charge in [0.05, 0.1) is 0 Å². The van der Waals surface area contributed by atoms with Gasteiger partial charge >= 0.3 is 5.97 Å². The predicted molar refractivity (Wildman–Crippen MR) is 76.2 cm³/mol. The van der Waals surface area contributed by atoms with E-state index in [0.717, 1.165) is 10.4 Å². The molecule has 0 spiro atoms. The average Bonchev–Trinajstić information content (AvgIpc) is 2.90. The first-order valence-corrected chi connectivity index (χ1v) is 6.84. The molecule has 0 aliphatic heterocycles. The van der Waals surface area contributed by atoms with Crippen LogP contribution in [-0.2, 0) is 11.2 Å². The molecule has 0 aliphatic rings. The molecular weight excluding hydrogens is 295 g/mol. The number of allylic oxidation sites excluding steroid dienone is 1. The molecule has 0 aliphatic carbocycles. The van der Waals surface area contributed by atoms with Crippen molar-refractivity contribution in [3.8, 4) is 0 Å². The molecule has 2 rings (SSSR count). The Kier molecular flexibility index (Phi) is 4.49. The number of hydrogen-bond donors (Lipinski definition) is 2. The Labute approximate surface area is 123 Å². The molecule has 2 N–H and O–H groups in total. The largest absolute Gasteiger partial charge is 0.502 e. The number of aliphatic hydroxyl groups excluding tert-OH is 1. The van der Waals surface area contributed by atoms with Gasteiger partial charge in [0.15, 0.2) is 5.78 Å². The lowest BCUT2D eigenvalue weighted by Crippen LogP contribution is -2.03. The molecular formula is C15H11FO4S. The molecule has 0 fully saturated rings. The zero-order valence-electron chi connectivity index (χ0n) is 10.7. The van der Waals surface area contributed by atoms with Gasteiger partial charge in [-0.15, -0.1) is 11.3 Å². The van der Waals surface area contributed by atoms with Crippen molar-refractivity contribution in [1.82, 2.24) is 0 Å². The fraction of sp³-hybridized carbons (Fsp3) is 0.0667. The number of carbonyl (C=O) groups is 2. The van der Waals surface area contributed by atoms with E-state index in [-0.39, 0.29) is 5.82 Å². The highest BCUT2D eigenvalue weighted by Gasteiger charge is 2.11. The number of carbonyl (C=O) groups excluding carboxylic acids is 1. The second kappa shape index (κ2) is 6.32. The van der Waals surface area contributed by atoms with E-state index in [1.54, 1.807) is 23.6 Å². The Morgan fingerprint density at radius 3 is 2.48 bits per heavy atom. The lowest BCUT2D eigenvalue weighted by atomic mass is 10.1. The smallest absolute Gasteiger partial charge is 0.371 e. The van der Waals surface area contributed by atoms with Gasteiger partial charge in [0.1, 0.15) is 5.82 Å². The number of carboxylic acid groups (broad SMARTS) is 1. The second-order valence-corrected chi connectivity index (χ2v) is 5.30. The summed E-state index contributed by atoms with van der Waals surface area (Å²) >= 11 is 1.34. The molecule has 108 valence electrons. The summed E-state index contributed by atoms with van der Waals surface area (Å²) in [6.45, 7) is 0. The van der Waals surface area contributed by atoms with Crippen molar-refractivity contribution < 1.29 is 24.2 Å². The summed E-state index contributed by atoms with van der Waals surface area (Å²) in [4.78, 5) is 23.1. The zero-order chi connectivity index (χ0) is 15.4. The van der Waals surface area contributed by atoms with Crippen molar-refractivity contribution in [1.29, 1.82) is 0 Å². The lowest BCUT2D eigenvalue weighted by Gasteiger charge is -1.98. The minimum absolute atomic E-state index is 0.310. The van der Waals surface area contributed by atoms with E-state index in [1.807, 2.05) is 0 Å². The SMILES string of the molecule is O=C(O)C(O)=CC(=O)c1csc(Cc2ccc(F)cc2)c1. The molecule has 1 aromatic carbocycles. The highest BCUT2D eigenvalue weighted by Crippen LogP contribution is 2.20. The summed E-state index contributed by atoms with van der Waals surface area (Å²) in [6.07, 6.45) is 1.22. The molecule has 6 heteroatoms. The first-order chi connectivity index (χ1) is 9.95. The first kappa shape index (κ1) is 14.9. The zero-order valence-corrected chi connectivity index (χ0v) is 11.6. The Bertz CT molecular complexity index is 701. The van der Waals surface area contributed by atoms with E-state index in [2.05, 4.69) is 0 Å². The van der Waals surface area contributed by atoms with E-state index < -0.39 is 17.5 Å².